The quantitative estimate of drug-likeness (QED) is 0.836. The highest BCUT2D eigenvalue weighted by atomic mass is 19.1. The molecule has 1 aromatic heterocycles. The predicted molar refractivity (Wildman–Crippen MR) is 94.3 cm³/mol. The number of rotatable bonds is 5. The van der Waals surface area contributed by atoms with Crippen LogP contribution in [-0.2, 0) is 20.5 Å². The number of benzene rings is 1. The fraction of sp³-hybridized carbons (Fsp3) is 0.421. The van der Waals surface area contributed by atoms with Gasteiger partial charge in [-0.1, -0.05) is 18.9 Å². The van der Waals surface area contributed by atoms with Gasteiger partial charge in [0, 0.05) is 17.8 Å². The lowest BCUT2D eigenvalue weighted by Gasteiger charge is -2.28. The Morgan fingerprint density at radius 2 is 1.93 bits per heavy atom. The zero-order valence-electron chi connectivity index (χ0n) is 15.1. The minimum absolute atomic E-state index is 0.178. The van der Waals surface area contributed by atoms with Crippen molar-refractivity contribution in [1.82, 2.24) is 9.78 Å². The molecule has 0 unspecified atom stereocenters. The number of nitrogens with one attached hydrogen (secondary N) is 1. The van der Waals surface area contributed by atoms with Crippen LogP contribution in [0, 0.1) is 11.6 Å². The average molecular weight is 377 g/mol. The number of halogens is 2. The van der Waals surface area contributed by atoms with E-state index in [1.807, 2.05) is 0 Å². The number of carbonyl (C=O) groups excluding carboxylic acids is 1. The van der Waals surface area contributed by atoms with Gasteiger partial charge in [0.25, 0.3) is 0 Å². The Hall–Kier alpha value is -2.77. The molecule has 1 aliphatic rings. The lowest BCUT2D eigenvalue weighted by atomic mass is 9.77. The van der Waals surface area contributed by atoms with Gasteiger partial charge in [0.05, 0.1) is 17.3 Å². The molecule has 2 aromatic rings. The molecule has 6 nitrogen and oxygen atoms in total. The molecule has 1 saturated carbocycles. The summed E-state index contributed by atoms with van der Waals surface area (Å²) in [6, 6.07) is 3.27. The summed E-state index contributed by atoms with van der Waals surface area (Å²) in [5, 5.41) is 16.0. The summed E-state index contributed by atoms with van der Waals surface area (Å²) in [5.74, 6) is -2.90. The molecule has 27 heavy (non-hydrogen) atoms. The van der Waals surface area contributed by atoms with Crippen molar-refractivity contribution >= 4 is 17.6 Å². The second-order valence-corrected chi connectivity index (χ2v) is 7.41. The van der Waals surface area contributed by atoms with Crippen LogP contribution in [0.25, 0.3) is 0 Å². The third-order valence-corrected chi connectivity index (χ3v) is 5.28. The Morgan fingerprint density at radius 3 is 2.52 bits per heavy atom. The highest BCUT2D eigenvalue weighted by Gasteiger charge is 2.44. The highest BCUT2D eigenvalue weighted by Crippen LogP contribution is 2.43. The Kier molecular flexibility index (Phi) is 4.75. The van der Waals surface area contributed by atoms with Crippen molar-refractivity contribution in [2.75, 3.05) is 5.32 Å². The van der Waals surface area contributed by atoms with Crippen LogP contribution >= 0.6 is 0 Å². The Labute approximate surface area is 155 Å². The summed E-state index contributed by atoms with van der Waals surface area (Å²) < 4.78 is 28.9. The van der Waals surface area contributed by atoms with Gasteiger partial charge in [-0.25, -0.2) is 13.6 Å². The maximum absolute atomic E-state index is 14.4. The summed E-state index contributed by atoms with van der Waals surface area (Å²) in [6.07, 6.45) is 5.21. The van der Waals surface area contributed by atoms with Crippen molar-refractivity contribution in [1.29, 1.82) is 0 Å². The number of hydrogen-bond acceptors (Lipinski definition) is 3. The molecule has 144 valence electrons. The molecule has 1 amide bonds. The molecule has 0 spiro atoms. The smallest absolute Gasteiger partial charge is 0.331 e. The normalized spacial score (nSPS) is 16.3. The molecule has 0 bridgehead atoms. The van der Waals surface area contributed by atoms with Gasteiger partial charge in [0.15, 0.2) is 5.54 Å². The minimum atomic E-state index is -1.28. The van der Waals surface area contributed by atoms with Crippen LogP contribution in [0.4, 0.5) is 14.5 Å². The lowest BCUT2D eigenvalue weighted by Crippen LogP contribution is -2.39. The van der Waals surface area contributed by atoms with Gasteiger partial charge in [0.1, 0.15) is 11.6 Å². The van der Waals surface area contributed by atoms with E-state index in [9.17, 15) is 23.5 Å². The van der Waals surface area contributed by atoms with Crippen LogP contribution < -0.4 is 5.32 Å². The first-order valence-electron chi connectivity index (χ1n) is 8.72. The molecule has 1 aliphatic carbocycles. The third-order valence-electron chi connectivity index (χ3n) is 5.28. The molecular weight excluding hydrogens is 356 g/mol. The van der Waals surface area contributed by atoms with Crippen LogP contribution in [0.5, 0.6) is 0 Å². The van der Waals surface area contributed by atoms with Gasteiger partial charge in [-0.2, -0.15) is 5.10 Å². The van der Waals surface area contributed by atoms with E-state index in [1.165, 1.54) is 37.0 Å². The zero-order chi connectivity index (χ0) is 19.8. The summed E-state index contributed by atoms with van der Waals surface area (Å²) in [5.41, 5.74) is -1.86. The molecule has 1 aromatic carbocycles. The number of aromatic nitrogens is 2. The number of aliphatic carboxylic acids is 1. The SMILES string of the molecule is CC(C)(C(=O)O)n1cc(NC(=O)C2(c3ccc(F)cc3F)CCCC2)cn1. The van der Waals surface area contributed by atoms with E-state index in [-0.39, 0.29) is 5.56 Å². The summed E-state index contributed by atoms with van der Waals surface area (Å²) in [6.45, 7) is 2.97. The number of amides is 1. The monoisotopic (exact) mass is 377 g/mol. The van der Waals surface area contributed by atoms with Crippen LogP contribution in [0.15, 0.2) is 30.6 Å². The zero-order valence-corrected chi connectivity index (χ0v) is 15.1. The number of carboxylic acid groups (broad SMARTS) is 1. The molecule has 2 N–H and O–H groups in total. The van der Waals surface area contributed by atoms with Crippen molar-refractivity contribution in [3.8, 4) is 0 Å². The largest absolute Gasteiger partial charge is 0.479 e. The third kappa shape index (κ3) is 3.31. The predicted octanol–water partition coefficient (Wildman–Crippen LogP) is 3.43. The maximum Gasteiger partial charge on any atom is 0.331 e. The Morgan fingerprint density at radius 1 is 1.26 bits per heavy atom. The molecule has 1 heterocycles. The van der Waals surface area contributed by atoms with E-state index in [2.05, 4.69) is 10.4 Å². The second kappa shape index (κ2) is 6.75. The van der Waals surface area contributed by atoms with Crippen molar-refractivity contribution in [2.45, 2.75) is 50.5 Å². The number of carbonyl (C=O) groups is 2. The van der Waals surface area contributed by atoms with Gasteiger partial charge in [-0.15, -0.1) is 0 Å². The first-order valence-corrected chi connectivity index (χ1v) is 8.72. The van der Waals surface area contributed by atoms with Gasteiger partial charge < -0.3 is 10.4 Å². The van der Waals surface area contributed by atoms with Crippen molar-refractivity contribution in [3.05, 3.63) is 47.8 Å². The fourth-order valence-corrected chi connectivity index (χ4v) is 3.52. The summed E-state index contributed by atoms with van der Waals surface area (Å²) in [7, 11) is 0. The summed E-state index contributed by atoms with van der Waals surface area (Å²) in [4.78, 5) is 24.4. The van der Waals surface area contributed by atoms with E-state index >= 15 is 0 Å². The van der Waals surface area contributed by atoms with Crippen molar-refractivity contribution in [2.24, 2.45) is 0 Å². The Balaban J connectivity index is 1.89. The van der Waals surface area contributed by atoms with Crippen molar-refractivity contribution < 1.29 is 23.5 Å². The van der Waals surface area contributed by atoms with Crippen molar-refractivity contribution in [3.63, 3.8) is 0 Å². The Bertz CT molecular complexity index is 886. The second-order valence-electron chi connectivity index (χ2n) is 7.41. The molecule has 0 radical (unpaired) electrons. The van der Waals surface area contributed by atoms with Gasteiger partial charge in [0.2, 0.25) is 5.91 Å². The number of anilines is 1. The van der Waals surface area contributed by atoms with Crippen LogP contribution in [0.3, 0.4) is 0 Å². The first kappa shape index (κ1) is 19.0. The number of hydrogen-bond donors (Lipinski definition) is 2. The average Bonchev–Trinajstić information content (AvgIpc) is 3.25. The molecule has 8 heteroatoms. The van der Waals surface area contributed by atoms with E-state index < -0.39 is 34.5 Å². The minimum Gasteiger partial charge on any atom is -0.479 e. The highest BCUT2D eigenvalue weighted by molar-refractivity contribution is 5.99. The van der Waals surface area contributed by atoms with Crippen LogP contribution in [0.1, 0.15) is 45.1 Å². The molecular formula is C19H21F2N3O3. The molecule has 0 aliphatic heterocycles. The van der Waals surface area contributed by atoms with E-state index in [1.54, 1.807) is 0 Å². The van der Waals surface area contributed by atoms with E-state index in [0.717, 1.165) is 25.0 Å². The summed E-state index contributed by atoms with van der Waals surface area (Å²) >= 11 is 0. The van der Waals surface area contributed by atoms with Gasteiger partial charge in [-0.3, -0.25) is 9.48 Å². The van der Waals surface area contributed by atoms with E-state index in [0.29, 0.717) is 18.5 Å². The lowest BCUT2D eigenvalue weighted by molar-refractivity contribution is -0.146. The van der Waals surface area contributed by atoms with Crippen LogP contribution in [-0.4, -0.2) is 26.8 Å². The fourth-order valence-electron chi connectivity index (χ4n) is 3.52. The number of nitrogens with zero attached hydrogens (tertiary/aromatic N) is 2. The number of carboxylic acids is 1. The molecule has 1 fully saturated rings. The molecule has 0 saturated heterocycles. The standard InChI is InChI=1S/C19H21F2N3O3/c1-18(2,17(26)27)24-11-13(10-22-24)23-16(25)19(7-3-4-8-19)14-6-5-12(20)9-15(14)21/h5-6,9-11H,3-4,7-8H2,1-2H3,(H,23,25)(H,26,27). The van der Waals surface area contributed by atoms with Crippen LogP contribution in [0.2, 0.25) is 0 Å². The molecule has 3 rings (SSSR count). The topological polar surface area (TPSA) is 84.2 Å². The van der Waals surface area contributed by atoms with Gasteiger partial charge in [-0.05, 0) is 32.8 Å². The van der Waals surface area contributed by atoms with E-state index in [4.69, 9.17) is 0 Å². The van der Waals surface area contributed by atoms with Gasteiger partial charge >= 0.3 is 5.97 Å². The first-order chi connectivity index (χ1) is 12.7. The maximum atomic E-state index is 14.4. The molecule has 0 atom stereocenters.